The number of carbonyl (C=O) groups is 1. The van der Waals surface area contributed by atoms with Crippen LogP contribution in [0.25, 0.3) is 0 Å². The van der Waals surface area contributed by atoms with Crippen LogP contribution in [0.3, 0.4) is 0 Å². The molecule has 100 valence electrons. The molecule has 0 bridgehead atoms. The average molecular weight is 276 g/mol. The number of ether oxygens (including phenoxy) is 1. The summed E-state index contributed by atoms with van der Waals surface area (Å²) >= 11 is 0. The highest BCUT2D eigenvalue weighted by atomic mass is 32.2. The quantitative estimate of drug-likeness (QED) is 0.446. The molecule has 9 heteroatoms. The number of allylic oxidation sites excluding steroid dienone is 2. The van der Waals surface area contributed by atoms with Gasteiger partial charge < -0.3 is 8.92 Å². The number of carbonyl (C=O) groups excluding carboxylic acids is 1. The van der Waals surface area contributed by atoms with Crippen molar-refractivity contribution in [3.8, 4) is 0 Å². The lowest BCUT2D eigenvalue weighted by molar-refractivity contribution is -0.126. The zero-order valence-electron chi connectivity index (χ0n) is 8.86. The van der Waals surface area contributed by atoms with Gasteiger partial charge in [-0.05, 0) is 18.9 Å². The van der Waals surface area contributed by atoms with Crippen molar-refractivity contribution in [3.63, 3.8) is 0 Å². The Kier molecular flexibility index (Phi) is 6.00. The number of rotatable bonds is 3. The van der Waals surface area contributed by atoms with Crippen molar-refractivity contribution >= 4 is 16.6 Å². The molecule has 0 saturated heterocycles. The van der Waals surface area contributed by atoms with Crippen molar-refractivity contribution < 1.29 is 35.3 Å². The third-order valence-corrected chi connectivity index (χ3v) is 2.60. The summed E-state index contributed by atoms with van der Waals surface area (Å²) in [6, 6.07) is 0. The molecule has 1 aliphatic carbocycles. The lowest BCUT2D eigenvalue weighted by Crippen LogP contribution is -2.25. The second kappa shape index (κ2) is 6.48. The van der Waals surface area contributed by atoms with Crippen LogP contribution >= 0.6 is 0 Å². The molecule has 0 fully saturated rings. The van der Waals surface area contributed by atoms with E-state index in [0.29, 0.717) is 19.3 Å². The molecule has 0 spiro atoms. The van der Waals surface area contributed by atoms with Crippen LogP contribution in [0.15, 0.2) is 11.8 Å². The van der Waals surface area contributed by atoms with Gasteiger partial charge in [-0.2, -0.15) is 21.6 Å². The van der Waals surface area contributed by atoms with Gasteiger partial charge in [0.05, 0.1) is 7.11 Å². The molecule has 17 heavy (non-hydrogen) atoms. The first-order valence-electron chi connectivity index (χ1n) is 4.41. The Morgan fingerprint density at radius 3 is 2.24 bits per heavy atom. The summed E-state index contributed by atoms with van der Waals surface area (Å²) in [7, 11) is -4.14. The normalized spacial score (nSPS) is 15.4. The molecule has 0 aromatic rings. The Morgan fingerprint density at radius 1 is 1.41 bits per heavy atom. The topological polar surface area (TPSA) is 69.7 Å². The summed E-state index contributed by atoms with van der Waals surface area (Å²) in [5, 5.41) is 0. The number of hydrogen-bond acceptors (Lipinski definition) is 5. The van der Waals surface area contributed by atoms with Crippen LogP contribution in [-0.4, -0.2) is 27.5 Å². The largest absolute Gasteiger partial charge is 0.534 e. The zero-order valence-corrected chi connectivity index (χ0v) is 9.68. The fraction of sp³-hybridized carbons (Fsp3) is 0.625. The number of hydrogen-bond donors (Lipinski definition) is 0. The van der Waals surface area contributed by atoms with Crippen molar-refractivity contribution in [3.05, 3.63) is 11.8 Å². The molecule has 0 aliphatic heterocycles. The van der Waals surface area contributed by atoms with Crippen LogP contribution in [0.2, 0.25) is 0 Å². The van der Waals surface area contributed by atoms with Crippen LogP contribution in [-0.2, 0) is 23.8 Å². The summed E-state index contributed by atoms with van der Waals surface area (Å²) in [6.45, 7) is 0.375. The van der Waals surface area contributed by atoms with E-state index in [1.165, 1.54) is 13.2 Å². The first kappa shape index (κ1) is 15.8. The van der Waals surface area contributed by atoms with E-state index < -0.39 is 15.6 Å². The molecule has 0 saturated carbocycles. The molecule has 0 atom stereocenters. The van der Waals surface area contributed by atoms with E-state index in [1.807, 2.05) is 0 Å². The SMILES string of the molecule is COC=O.O=S(=O)(OC1=CCCC1)C(F)(F)F. The van der Waals surface area contributed by atoms with Gasteiger partial charge in [-0.15, -0.1) is 0 Å². The van der Waals surface area contributed by atoms with Gasteiger partial charge in [-0.1, -0.05) is 0 Å². The fourth-order valence-corrected chi connectivity index (χ4v) is 1.43. The monoisotopic (exact) mass is 276 g/mol. The predicted octanol–water partition coefficient (Wildman–Crippen LogP) is 1.71. The molecule has 5 nitrogen and oxygen atoms in total. The van der Waals surface area contributed by atoms with Crippen molar-refractivity contribution in [2.24, 2.45) is 0 Å². The van der Waals surface area contributed by atoms with Gasteiger partial charge in [0.1, 0.15) is 5.76 Å². The van der Waals surface area contributed by atoms with Gasteiger partial charge in [0, 0.05) is 6.42 Å². The first-order valence-corrected chi connectivity index (χ1v) is 5.81. The number of methoxy groups -OCH3 is 1. The van der Waals surface area contributed by atoms with E-state index in [1.54, 1.807) is 0 Å². The average Bonchev–Trinajstić information content (AvgIpc) is 2.68. The Hall–Kier alpha value is -1.25. The molecule has 1 rings (SSSR count). The molecule has 0 aromatic carbocycles. The van der Waals surface area contributed by atoms with Crippen LogP contribution in [0.4, 0.5) is 13.2 Å². The molecule has 0 unspecified atom stereocenters. The van der Waals surface area contributed by atoms with Crippen LogP contribution < -0.4 is 0 Å². The lowest BCUT2D eigenvalue weighted by Gasteiger charge is -2.09. The van der Waals surface area contributed by atoms with Crippen molar-refractivity contribution in [1.82, 2.24) is 0 Å². The standard InChI is InChI=1S/C6H7F3O3S.C2H4O2/c7-6(8,9)13(10,11)12-5-3-1-2-4-5;1-4-2-3/h3H,1-2,4H2;2H,1H3. The zero-order chi connectivity index (χ0) is 13.5. The van der Waals surface area contributed by atoms with Gasteiger partial charge in [0.25, 0.3) is 6.47 Å². The second-order valence-electron chi connectivity index (χ2n) is 2.88. The van der Waals surface area contributed by atoms with Crippen molar-refractivity contribution in [2.75, 3.05) is 7.11 Å². The fourth-order valence-electron chi connectivity index (χ4n) is 0.905. The molecule has 0 N–H and O–H groups in total. The first-order chi connectivity index (χ1) is 7.74. The highest BCUT2D eigenvalue weighted by molar-refractivity contribution is 7.87. The van der Waals surface area contributed by atoms with Gasteiger partial charge in [0.2, 0.25) is 0 Å². The van der Waals surface area contributed by atoms with Gasteiger partial charge >= 0.3 is 15.6 Å². The summed E-state index contributed by atoms with van der Waals surface area (Å²) in [5.41, 5.74) is -5.34. The highest BCUT2D eigenvalue weighted by Gasteiger charge is 2.48. The third-order valence-electron chi connectivity index (χ3n) is 1.60. The maximum Gasteiger partial charge on any atom is 0.534 e. The summed E-state index contributed by atoms with van der Waals surface area (Å²) < 4.78 is 63.8. The van der Waals surface area contributed by atoms with Gasteiger partial charge in [-0.25, -0.2) is 0 Å². The highest BCUT2D eigenvalue weighted by Crippen LogP contribution is 2.29. The Morgan fingerprint density at radius 2 is 1.94 bits per heavy atom. The summed E-state index contributed by atoms with van der Waals surface area (Å²) in [5.74, 6) is -0.114. The Labute approximate surface area is 96.3 Å². The summed E-state index contributed by atoms with van der Waals surface area (Å²) in [4.78, 5) is 8.95. The number of alkyl halides is 3. The van der Waals surface area contributed by atoms with Crippen LogP contribution in [0, 0.1) is 0 Å². The number of halogens is 3. The maximum atomic E-state index is 11.7. The van der Waals surface area contributed by atoms with E-state index in [2.05, 4.69) is 8.92 Å². The molecular weight excluding hydrogens is 265 g/mol. The minimum Gasteiger partial charge on any atom is -0.471 e. The molecule has 0 heterocycles. The lowest BCUT2D eigenvalue weighted by atomic mass is 10.4. The smallest absolute Gasteiger partial charge is 0.471 e. The van der Waals surface area contributed by atoms with Gasteiger partial charge in [-0.3, -0.25) is 4.79 Å². The molecular formula is C8H11F3O5S. The third kappa shape index (κ3) is 5.57. The molecule has 0 radical (unpaired) electrons. The van der Waals surface area contributed by atoms with Crippen LogP contribution in [0.5, 0.6) is 0 Å². The minimum atomic E-state index is -5.45. The van der Waals surface area contributed by atoms with Crippen LogP contribution in [0.1, 0.15) is 19.3 Å². The molecule has 0 amide bonds. The maximum absolute atomic E-state index is 11.7. The van der Waals surface area contributed by atoms with E-state index in [0.717, 1.165) is 0 Å². The summed E-state index contributed by atoms with van der Waals surface area (Å²) in [6.07, 6.45) is 2.78. The molecule has 1 aliphatic rings. The van der Waals surface area contributed by atoms with E-state index in [9.17, 15) is 21.6 Å². The predicted molar refractivity (Wildman–Crippen MR) is 51.1 cm³/mol. The second-order valence-corrected chi connectivity index (χ2v) is 4.42. The minimum absolute atomic E-state index is 0.114. The van der Waals surface area contributed by atoms with Crippen molar-refractivity contribution in [1.29, 1.82) is 0 Å². The molecule has 0 aromatic heterocycles. The van der Waals surface area contributed by atoms with E-state index >= 15 is 0 Å². The van der Waals surface area contributed by atoms with E-state index in [4.69, 9.17) is 4.79 Å². The Bertz CT molecular complexity index is 371. The van der Waals surface area contributed by atoms with Gasteiger partial charge in [0.15, 0.2) is 0 Å². The van der Waals surface area contributed by atoms with E-state index in [-0.39, 0.29) is 12.2 Å². The Balaban J connectivity index is 0.000000557. The van der Waals surface area contributed by atoms with Crippen molar-refractivity contribution in [2.45, 2.75) is 24.8 Å².